The lowest BCUT2D eigenvalue weighted by Crippen LogP contribution is -2.20. The Balaban J connectivity index is 2.27. The lowest BCUT2D eigenvalue weighted by atomic mass is 10.2. The van der Waals surface area contributed by atoms with E-state index in [4.69, 9.17) is 26.8 Å². The highest BCUT2D eigenvalue weighted by atomic mass is 35.5. The summed E-state index contributed by atoms with van der Waals surface area (Å²) in [4.78, 5) is 10.4. The monoisotopic (exact) mass is 308 g/mol. The second-order valence-corrected chi connectivity index (χ2v) is 4.87. The molecule has 1 aromatic heterocycles. The maximum absolute atomic E-state index is 6.17. The van der Waals surface area contributed by atoms with Crippen LogP contribution in [-0.2, 0) is 6.54 Å². The van der Waals surface area contributed by atoms with Gasteiger partial charge in [0.2, 0.25) is 17.7 Å². The molecule has 0 spiro atoms. The number of nitrogens with two attached hydrogens (primary N) is 1. The number of halogens is 1. The van der Waals surface area contributed by atoms with Gasteiger partial charge in [-0.15, -0.1) is 0 Å². The smallest absolute Gasteiger partial charge is 0.232 e. The van der Waals surface area contributed by atoms with E-state index in [0.29, 0.717) is 35.0 Å². The predicted molar refractivity (Wildman–Crippen MR) is 83.1 cm³/mol. The summed E-state index contributed by atoms with van der Waals surface area (Å²) in [6, 6.07) is 6.98. The number of hydrogen-bond donors (Lipinski definition) is 1. The first kappa shape index (κ1) is 15.2. The van der Waals surface area contributed by atoms with Gasteiger partial charge in [0.1, 0.15) is 0 Å². The minimum absolute atomic E-state index is 0.433. The highest BCUT2D eigenvalue weighted by molar-refractivity contribution is 6.31. The van der Waals surface area contributed by atoms with E-state index >= 15 is 0 Å². The van der Waals surface area contributed by atoms with Crippen molar-refractivity contribution in [3.8, 4) is 11.8 Å². The molecule has 0 amide bonds. The average Bonchev–Trinajstić information content (AvgIpc) is 2.50. The summed E-state index contributed by atoms with van der Waals surface area (Å²) in [6.45, 7) is 0.514. The predicted octanol–water partition coefficient (Wildman–Crippen LogP) is 2.37. The van der Waals surface area contributed by atoms with Gasteiger partial charge in [0, 0.05) is 24.3 Å². The summed E-state index contributed by atoms with van der Waals surface area (Å²) >= 11 is 6.17. The standard InChI is InChI=1S/C14H17ClN4O2/c1-19(8-9-6-10(16)4-5-11(9)15)14-17-12(20-2)7-13(18-14)21-3/h4-7H,8,16H2,1-3H3. The minimum atomic E-state index is 0.433. The number of benzene rings is 1. The number of nitrogen functional groups attached to an aromatic ring is 1. The summed E-state index contributed by atoms with van der Waals surface area (Å²) in [6.07, 6.45) is 0. The first-order chi connectivity index (χ1) is 10.0. The van der Waals surface area contributed by atoms with Crippen LogP contribution in [0.5, 0.6) is 11.8 Å². The van der Waals surface area contributed by atoms with E-state index in [2.05, 4.69) is 9.97 Å². The van der Waals surface area contributed by atoms with Crippen molar-refractivity contribution < 1.29 is 9.47 Å². The van der Waals surface area contributed by atoms with Crippen molar-refractivity contribution in [3.63, 3.8) is 0 Å². The zero-order chi connectivity index (χ0) is 15.4. The molecule has 0 unspecified atom stereocenters. The maximum atomic E-state index is 6.17. The molecule has 7 heteroatoms. The van der Waals surface area contributed by atoms with Crippen molar-refractivity contribution in [2.24, 2.45) is 0 Å². The van der Waals surface area contributed by atoms with Gasteiger partial charge in [-0.2, -0.15) is 9.97 Å². The number of ether oxygens (including phenoxy) is 2. The molecule has 0 aliphatic rings. The molecule has 0 saturated heterocycles. The van der Waals surface area contributed by atoms with Crippen LogP contribution in [0.25, 0.3) is 0 Å². The van der Waals surface area contributed by atoms with E-state index in [1.165, 1.54) is 0 Å². The zero-order valence-electron chi connectivity index (χ0n) is 12.1. The third-order valence-electron chi connectivity index (χ3n) is 2.90. The topological polar surface area (TPSA) is 73.5 Å². The normalized spacial score (nSPS) is 10.3. The van der Waals surface area contributed by atoms with Gasteiger partial charge < -0.3 is 20.1 Å². The molecule has 1 heterocycles. The number of aromatic nitrogens is 2. The summed E-state index contributed by atoms with van der Waals surface area (Å²) in [5.74, 6) is 1.34. The second-order valence-electron chi connectivity index (χ2n) is 4.46. The van der Waals surface area contributed by atoms with Crippen molar-refractivity contribution in [2.45, 2.75) is 6.54 Å². The van der Waals surface area contributed by atoms with Gasteiger partial charge in [-0.25, -0.2) is 0 Å². The number of hydrogen-bond acceptors (Lipinski definition) is 6. The van der Waals surface area contributed by atoms with Gasteiger partial charge in [0.05, 0.1) is 20.3 Å². The van der Waals surface area contributed by atoms with E-state index in [-0.39, 0.29) is 0 Å². The van der Waals surface area contributed by atoms with E-state index in [9.17, 15) is 0 Å². The van der Waals surface area contributed by atoms with E-state index in [1.54, 1.807) is 32.4 Å². The summed E-state index contributed by atoms with van der Waals surface area (Å²) in [7, 11) is 4.94. The van der Waals surface area contributed by atoms with Gasteiger partial charge in [-0.05, 0) is 23.8 Å². The molecule has 2 aromatic rings. The zero-order valence-corrected chi connectivity index (χ0v) is 12.9. The molecule has 0 aliphatic carbocycles. The van der Waals surface area contributed by atoms with Crippen LogP contribution < -0.4 is 20.1 Å². The van der Waals surface area contributed by atoms with Crippen LogP contribution in [0.4, 0.5) is 11.6 Å². The number of methoxy groups -OCH3 is 2. The van der Waals surface area contributed by atoms with Gasteiger partial charge >= 0.3 is 0 Å². The molecule has 0 saturated carbocycles. The molecule has 2 N–H and O–H groups in total. The van der Waals surface area contributed by atoms with Crippen molar-refractivity contribution in [1.29, 1.82) is 0 Å². The lowest BCUT2D eigenvalue weighted by molar-refractivity contribution is 0.372. The summed E-state index contributed by atoms with van der Waals surface area (Å²) < 4.78 is 10.3. The van der Waals surface area contributed by atoms with Crippen LogP contribution in [0.2, 0.25) is 5.02 Å². The maximum Gasteiger partial charge on any atom is 0.232 e. The first-order valence-corrected chi connectivity index (χ1v) is 6.63. The lowest BCUT2D eigenvalue weighted by Gasteiger charge is -2.19. The summed E-state index contributed by atoms with van der Waals surface area (Å²) in [5, 5.41) is 0.644. The Kier molecular flexibility index (Phi) is 4.70. The van der Waals surface area contributed by atoms with Crippen LogP contribution in [0.15, 0.2) is 24.3 Å². The van der Waals surface area contributed by atoms with Crippen LogP contribution in [0.3, 0.4) is 0 Å². The molecule has 6 nitrogen and oxygen atoms in total. The SMILES string of the molecule is COc1cc(OC)nc(N(C)Cc2cc(N)ccc2Cl)n1. The molecular weight excluding hydrogens is 292 g/mol. The summed E-state index contributed by atoms with van der Waals surface area (Å²) in [5.41, 5.74) is 7.34. The average molecular weight is 309 g/mol. The quantitative estimate of drug-likeness (QED) is 0.855. The Bertz CT molecular complexity index is 614. The fourth-order valence-electron chi connectivity index (χ4n) is 1.81. The third-order valence-corrected chi connectivity index (χ3v) is 3.27. The Labute approximate surface area is 128 Å². The van der Waals surface area contributed by atoms with Crippen molar-refractivity contribution in [1.82, 2.24) is 9.97 Å². The first-order valence-electron chi connectivity index (χ1n) is 6.25. The van der Waals surface area contributed by atoms with Crippen LogP contribution in [0.1, 0.15) is 5.56 Å². The van der Waals surface area contributed by atoms with Crippen LogP contribution >= 0.6 is 11.6 Å². The Morgan fingerprint density at radius 1 is 1.14 bits per heavy atom. The van der Waals surface area contributed by atoms with Crippen molar-refractivity contribution in [3.05, 3.63) is 34.9 Å². The third kappa shape index (κ3) is 3.66. The Morgan fingerprint density at radius 2 is 1.76 bits per heavy atom. The molecule has 0 atom stereocenters. The van der Waals surface area contributed by atoms with Crippen LogP contribution in [0, 0.1) is 0 Å². The molecule has 0 radical (unpaired) electrons. The van der Waals surface area contributed by atoms with Crippen molar-refractivity contribution in [2.75, 3.05) is 31.9 Å². The Hall–Kier alpha value is -2.21. The highest BCUT2D eigenvalue weighted by Gasteiger charge is 2.12. The van der Waals surface area contributed by atoms with Gasteiger partial charge in [0.15, 0.2) is 0 Å². The molecule has 1 aromatic carbocycles. The molecule has 0 bridgehead atoms. The van der Waals surface area contributed by atoms with E-state index in [1.807, 2.05) is 18.0 Å². The molecule has 2 rings (SSSR count). The van der Waals surface area contributed by atoms with E-state index in [0.717, 1.165) is 5.56 Å². The highest BCUT2D eigenvalue weighted by Crippen LogP contribution is 2.24. The van der Waals surface area contributed by atoms with Gasteiger partial charge in [0.25, 0.3) is 0 Å². The number of rotatable bonds is 5. The molecule has 112 valence electrons. The van der Waals surface area contributed by atoms with E-state index < -0.39 is 0 Å². The molecule has 0 aliphatic heterocycles. The van der Waals surface area contributed by atoms with Crippen LogP contribution in [-0.4, -0.2) is 31.2 Å². The molecule has 21 heavy (non-hydrogen) atoms. The molecule has 0 fully saturated rings. The van der Waals surface area contributed by atoms with Gasteiger partial charge in [-0.1, -0.05) is 11.6 Å². The number of anilines is 2. The largest absolute Gasteiger partial charge is 0.481 e. The van der Waals surface area contributed by atoms with Crippen molar-refractivity contribution >= 4 is 23.2 Å². The second kappa shape index (κ2) is 6.49. The molecular formula is C14H17ClN4O2. The number of nitrogens with zero attached hydrogens (tertiary/aromatic N) is 3. The Morgan fingerprint density at radius 3 is 2.33 bits per heavy atom. The fourth-order valence-corrected chi connectivity index (χ4v) is 1.99. The van der Waals surface area contributed by atoms with Gasteiger partial charge in [-0.3, -0.25) is 0 Å². The fraction of sp³-hybridized carbons (Fsp3) is 0.286. The minimum Gasteiger partial charge on any atom is -0.481 e.